The van der Waals surface area contributed by atoms with Gasteiger partial charge in [0.2, 0.25) is 0 Å². The van der Waals surface area contributed by atoms with E-state index in [-0.39, 0.29) is 35.6 Å². The SMILES string of the molecule is CN=C(NCCC1CC1)NC1CC(C)(C)Oc2ccccc21.I. The van der Waals surface area contributed by atoms with E-state index in [1.54, 1.807) is 0 Å². The highest BCUT2D eigenvalue weighted by Crippen LogP contribution is 2.39. The normalized spacial score (nSPS) is 22.4. The van der Waals surface area contributed by atoms with Gasteiger partial charge in [0.15, 0.2) is 5.96 Å². The second-order valence-electron chi connectivity index (χ2n) is 7.03. The van der Waals surface area contributed by atoms with Crippen molar-refractivity contribution in [3.8, 4) is 5.75 Å². The molecule has 3 rings (SSSR count). The van der Waals surface area contributed by atoms with E-state index in [4.69, 9.17) is 4.74 Å². The van der Waals surface area contributed by atoms with Crippen LogP contribution in [0.4, 0.5) is 0 Å². The first kappa shape index (κ1) is 18.4. The number of nitrogens with one attached hydrogen (secondary N) is 2. The van der Waals surface area contributed by atoms with Gasteiger partial charge in [-0.25, -0.2) is 0 Å². The number of fused-ring (bicyclic) bond motifs is 1. The molecule has 0 radical (unpaired) electrons. The number of para-hydroxylation sites is 1. The van der Waals surface area contributed by atoms with Gasteiger partial charge in [-0.1, -0.05) is 31.0 Å². The van der Waals surface area contributed by atoms with Crippen LogP contribution >= 0.6 is 24.0 Å². The van der Waals surface area contributed by atoms with E-state index in [1.165, 1.54) is 24.8 Å². The lowest BCUT2D eigenvalue weighted by atomic mass is 9.90. The Labute approximate surface area is 156 Å². The van der Waals surface area contributed by atoms with Crippen molar-refractivity contribution in [3.05, 3.63) is 29.8 Å². The second kappa shape index (κ2) is 7.73. The summed E-state index contributed by atoms with van der Waals surface area (Å²) < 4.78 is 6.09. The molecule has 1 fully saturated rings. The highest BCUT2D eigenvalue weighted by molar-refractivity contribution is 14.0. The standard InChI is InChI=1S/C18H27N3O.HI/c1-18(2)12-15(14-6-4-5-7-16(14)22-18)21-17(19-3)20-11-10-13-8-9-13;/h4-7,13,15H,8-12H2,1-3H3,(H2,19,20,21);1H. The molecule has 1 aromatic carbocycles. The van der Waals surface area contributed by atoms with Crippen molar-refractivity contribution in [2.45, 2.75) is 51.2 Å². The van der Waals surface area contributed by atoms with Gasteiger partial charge in [0.25, 0.3) is 0 Å². The largest absolute Gasteiger partial charge is 0.487 e. The average Bonchev–Trinajstić information content (AvgIpc) is 3.29. The van der Waals surface area contributed by atoms with Crippen LogP contribution in [0, 0.1) is 5.92 Å². The Morgan fingerprint density at radius 2 is 2.04 bits per heavy atom. The van der Waals surface area contributed by atoms with E-state index < -0.39 is 0 Å². The molecule has 5 heteroatoms. The molecule has 0 spiro atoms. The van der Waals surface area contributed by atoms with Crippen LogP contribution in [0.3, 0.4) is 0 Å². The molecule has 1 aromatic rings. The number of guanidine groups is 1. The summed E-state index contributed by atoms with van der Waals surface area (Å²) in [6.45, 7) is 5.28. The van der Waals surface area contributed by atoms with Gasteiger partial charge in [0.05, 0.1) is 6.04 Å². The summed E-state index contributed by atoms with van der Waals surface area (Å²) in [4.78, 5) is 4.37. The van der Waals surface area contributed by atoms with Gasteiger partial charge >= 0.3 is 0 Å². The van der Waals surface area contributed by atoms with Crippen molar-refractivity contribution in [1.82, 2.24) is 10.6 Å². The van der Waals surface area contributed by atoms with Crippen LogP contribution in [0.25, 0.3) is 0 Å². The van der Waals surface area contributed by atoms with Crippen molar-refractivity contribution in [1.29, 1.82) is 0 Å². The summed E-state index contributed by atoms with van der Waals surface area (Å²) in [5, 5.41) is 7.01. The number of benzene rings is 1. The maximum absolute atomic E-state index is 6.09. The number of aliphatic imine (C=N–C) groups is 1. The third-order valence-corrected chi connectivity index (χ3v) is 4.45. The summed E-state index contributed by atoms with van der Waals surface area (Å²) in [5.41, 5.74) is 1.05. The van der Waals surface area contributed by atoms with Crippen molar-refractivity contribution < 1.29 is 4.74 Å². The quantitative estimate of drug-likeness (QED) is 0.434. The van der Waals surface area contributed by atoms with Gasteiger partial charge in [-0.2, -0.15) is 0 Å². The molecular weight excluding hydrogens is 401 g/mol. The fourth-order valence-corrected chi connectivity index (χ4v) is 3.09. The third-order valence-electron chi connectivity index (χ3n) is 4.45. The van der Waals surface area contributed by atoms with Gasteiger partial charge in [-0.05, 0) is 32.3 Å². The summed E-state index contributed by atoms with van der Waals surface area (Å²) >= 11 is 0. The first-order valence-corrected chi connectivity index (χ1v) is 8.32. The van der Waals surface area contributed by atoms with Crippen LogP contribution < -0.4 is 15.4 Å². The van der Waals surface area contributed by atoms with E-state index in [9.17, 15) is 0 Å². The smallest absolute Gasteiger partial charge is 0.191 e. The molecule has 1 saturated carbocycles. The van der Waals surface area contributed by atoms with E-state index in [0.29, 0.717) is 0 Å². The van der Waals surface area contributed by atoms with Crippen molar-refractivity contribution >= 4 is 29.9 Å². The minimum Gasteiger partial charge on any atom is -0.487 e. The highest BCUT2D eigenvalue weighted by atomic mass is 127. The zero-order valence-electron chi connectivity index (χ0n) is 14.3. The topological polar surface area (TPSA) is 45.7 Å². The van der Waals surface area contributed by atoms with Gasteiger partial charge in [-0.3, -0.25) is 4.99 Å². The van der Waals surface area contributed by atoms with Crippen LogP contribution in [0.5, 0.6) is 5.75 Å². The summed E-state index contributed by atoms with van der Waals surface area (Å²) in [5.74, 6) is 2.80. The predicted molar refractivity (Wildman–Crippen MR) is 106 cm³/mol. The summed E-state index contributed by atoms with van der Waals surface area (Å²) in [7, 11) is 1.84. The lowest BCUT2D eigenvalue weighted by molar-refractivity contribution is 0.0694. The van der Waals surface area contributed by atoms with Crippen molar-refractivity contribution in [2.75, 3.05) is 13.6 Å². The van der Waals surface area contributed by atoms with Gasteiger partial charge < -0.3 is 15.4 Å². The molecule has 1 aliphatic carbocycles. The highest BCUT2D eigenvalue weighted by Gasteiger charge is 2.34. The Balaban J connectivity index is 0.00000192. The van der Waals surface area contributed by atoms with E-state index in [0.717, 1.165) is 30.6 Å². The molecule has 1 heterocycles. The molecular formula is C18H28IN3O. The fourth-order valence-electron chi connectivity index (χ4n) is 3.09. The number of ether oxygens (including phenoxy) is 1. The molecule has 1 unspecified atom stereocenters. The minimum atomic E-state index is -0.168. The van der Waals surface area contributed by atoms with E-state index in [2.05, 4.69) is 41.6 Å². The number of halogens is 1. The maximum atomic E-state index is 6.09. The molecule has 4 nitrogen and oxygen atoms in total. The second-order valence-corrected chi connectivity index (χ2v) is 7.03. The molecule has 1 aliphatic heterocycles. The van der Waals surface area contributed by atoms with Crippen LogP contribution in [0.1, 0.15) is 51.1 Å². The lowest BCUT2D eigenvalue weighted by Gasteiger charge is -2.38. The van der Waals surface area contributed by atoms with Crippen molar-refractivity contribution in [3.63, 3.8) is 0 Å². The molecule has 2 aliphatic rings. The average molecular weight is 429 g/mol. The maximum Gasteiger partial charge on any atom is 0.191 e. The molecule has 23 heavy (non-hydrogen) atoms. The third kappa shape index (κ3) is 4.99. The predicted octanol–water partition coefficient (Wildman–Crippen LogP) is 3.87. The number of nitrogens with zero attached hydrogens (tertiary/aromatic N) is 1. The number of hydrogen-bond donors (Lipinski definition) is 2. The van der Waals surface area contributed by atoms with Crippen molar-refractivity contribution in [2.24, 2.45) is 10.9 Å². The zero-order chi connectivity index (χ0) is 15.6. The molecule has 0 amide bonds. The zero-order valence-corrected chi connectivity index (χ0v) is 16.6. The van der Waals surface area contributed by atoms with Crippen LogP contribution in [-0.2, 0) is 0 Å². The van der Waals surface area contributed by atoms with Gasteiger partial charge in [0.1, 0.15) is 11.4 Å². The Kier molecular flexibility index (Phi) is 6.17. The molecule has 0 aromatic heterocycles. The minimum absolute atomic E-state index is 0. The fraction of sp³-hybridized carbons (Fsp3) is 0.611. The first-order valence-electron chi connectivity index (χ1n) is 8.32. The summed E-state index contributed by atoms with van der Waals surface area (Å²) in [6, 6.07) is 8.51. The Bertz CT molecular complexity index is 555. The van der Waals surface area contributed by atoms with Crippen LogP contribution in [0.15, 0.2) is 29.3 Å². The number of hydrogen-bond acceptors (Lipinski definition) is 2. The molecule has 0 bridgehead atoms. The Morgan fingerprint density at radius 3 is 2.74 bits per heavy atom. The lowest BCUT2D eigenvalue weighted by Crippen LogP contribution is -2.45. The Morgan fingerprint density at radius 1 is 1.30 bits per heavy atom. The summed E-state index contributed by atoms with van der Waals surface area (Å²) in [6.07, 6.45) is 4.97. The van der Waals surface area contributed by atoms with Gasteiger partial charge in [-0.15, -0.1) is 24.0 Å². The Hall–Kier alpha value is -0.980. The first-order chi connectivity index (χ1) is 10.6. The van der Waals surface area contributed by atoms with Gasteiger partial charge in [0, 0.05) is 25.6 Å². The monoisotopic (exact) mass is 429 g/mol. The van der Waals surface area contributed by atoms with E-state index >= 15 is 0 Å². The molecule has 0 saturated heterocycles. The molecule has 1 atom stereocenters. The van der Waals surface area contributed by atoms with Crippen LogP contribution in [0.2, 0.25) is 0 Å². The molecule has 128 valence electrons. The number of rotatable bonds is 4. The van der Waals surface area contributed by atoms with E-state index in [1.807, 2.05) is 19.2 Å². The molecule has 2 N–H and O–H groups in total. The van der Waals surface area contributed by atoms with Crippen LogP contribution in [-0.4, -0.2) is 25.2 Å².